The Hall–Kier alpha value is -2.50. The molecular formula is C17H23N5O. The predicted octanol–water partition coefficient (Wildman–Crippen LogP) is 2.75. The van der Waals surface area contributed by atoms with Gasteiger partial charge in [0.1, 0.15) is 0 Å². The molecule has 0 saturated carbocycles. The van der Waals surface area contributed by atoms with Gasteiger partial charge in [0.05, 0.1) is 17.8 Å². The normalized spacial score (nSPS) is 10.3. The molecular weight excluding hydrogens is 290 g/mol. The Morgan fingerprint density at radius 3 is 2.35 bits per heavy atom. The molecule has 23 heavy (non-hydrogen) atoms. The maximum atomic E-state index is 12.4. The van der Waals surface area contributed by atoms with Crippen LogP contribution in [0.2, 0.25) is 0 Å². The highest BCUT2D eigenvalue weighted by Crippen LogP contribution is 2.07. The molecule has 0 bridgehead atoms. The number of carbonyl (C=O) groups is 1. The largest absolute Gasteiger partial charge is 0.349 e. The lowest BCUT2D eigenvalue weighted by atomic mass is 10.2. The van der Waals surface area contributed by atoms with Gasteiger partial charge in [-0.3, -0.25) is 9.78 Å². The van der Waals surface area contributed by atoms with E-state index in [1.165, 1.54) is 0 Å². The third-order valence-electron chi connectivity index (χ3n) is 3.33. The molecule has 2 aromatic heterocycles. The van der Waals surface area contributed by atoms with Crippen LogP contribution in [0.15, 0.2) is 36.8 Å². The molecule has 122 valence electrons. The summed E-state index contributed by atoms with van der Waals surface area (Å²) in [6, 6.07) is 5.74. The number of pyridine rings is 1. The zero-order valence-electron chi connectivity index (χ0n) is 13.7. The smallest absolute Gasteiger partial charge is 0.256 e. The van der Waals surface area contributed by atoms with E-state index in [1.54, 1.807) is 18.6 Å². The number of rotatable bonds is 8. The number of amides is 1. The molecule has 0 atom stereocenters. The van der Waals surface area contributed by atoms with Crippen molar-refractivity contribution in [2.45, 2.75) is 33.2 Å². The molecule has 0 aliphatic heterocycles. The monoisotopic (exact) mass is 313 g/mol. The lowest BCUT2D eigenvalue weighted by molar-refractivity contribution is 0.0754. The first kappa shape index (κ1) is 16.9. The molecule has 2 rings (SSSR count). The Balaban J connectivity index is 1.96. The molecule has 0 unspecified atom stereocenters. The van der Waals surface area contributed by atoms with Crippen LogP contribution in [0.1, 0.15) is 42.7 Å². The van der Waals surface area contributed by atoms with E-state index in [2.05, 4.69) is 34.1 Å². The molecule has 0 aliphatic rings. The summed E-state index contributed by atoms with van der Waals surface area (Å²) in [6.45, 7) is 6.19. The highest BCUT2D eigenvalue weighted by Gasteiger charge is 2.15. The van der Waals surface area contributed by atoms with Crippen molar-refractivity contribution in [1.29, 1.82) is 0 Å². The molecule has 6 nitrogen and oxygen atoms in total. The van der Waals surface area contributed by atoms with Crippen molar-refractivity contribution in [2.75, 3.05) is 18.4 Å². The number of nitrogens with zero attached hydrogens (tertiary/aromatic N) is 4. The predicted molar refractivity (Wildman–Crippen MR) is 90.1 cm³/mol. The van der Waals surface area contributed by atoms with Gasteiger partial charge in [-0.15, -0.1) is 0 Å². The van der Waals surface area contributed by atoms with Crippen LogP contribution in [0.3, 0.4) is 0 Å². The quantitative estimate of drug-likeness (QED) is 0.811. The van der Waals surface area contributed by atoms with E-state index in [-0.39, 0.29) is 5.91 Å². The standard InChI is InChI=1S/C17H23N5O/c1-3-9-22(10-4-2)16(23)14-11-19-17(20-12-14)21-13-15-7-5-6-8-18-15/h5-8,11-12H,3-4,9-10,13H2,1-2H3,(H,19,20,21). The minimum atomic E-state index is -0.00928. The summed E-state index contributed by atoms with van der Waals surface area (Å²) in [5, 5.41) is 3.10. The van der Waals surface area contributed by atoms with Crippen molar-refractivity contribution < 1.29 is 4.79 Å². The minimum absolute atomic E-state index is 0.00928. The Labute approximate surface area is 137 Å². The van der Waals surface area contributed by atoms with Gasteiger partial charge in [-0.05, 0) is 25.0 Å². The Kier molecular flexibility index (Phi) is 6.47. The summed E-state index contributed by atoms with van der Waals surface area (Å²) in [4.78, 5) is 26.9. The van der Waals surface area contributed by atoms with Gasteiger partial charge in [0, 0.05) is 31.7 Å². The molecule has 2 aromatic rings. The van der Waals surface area contributed by atoms with E-state index in [9.17, 15) is 4.79 Å². The summed E-state index contributed by atoms with van der Waals surface area (Å²) in [7, 11) is 0. The minimum Gasteiger partial charge on any atom is -0.349 e. The van der Waals surface area contributed by atoms with Gasteiger partial charge in [-0.2, -0.15) is 0 Å². The van der Waals surface area contributed by atoms with Gasteiger partial charge in [-0.1, -0.05) is 19.9 Å². The lowest BCUT2D eigenvalue weighted by Gasteiger charge is -2.21. The van der Waals surface area contributed by atoms with Crippen LogP contribution in [-0.2, 0) is 6.54 Å². The van der Waals surface area contributed by atoms with Gasteiger partial charge in [0.2, 0.25) is 5.95 Å². The van der Waals surface area contributed by atoms with Crippen LogP contribution >= 0.6 is 0 Å². The van der Waals surface area contributed by atoms with Crippen molar-refractivity contribution in [3.63, 3.8) is 0 Å². The van der Waals surface area contributed by atoms with Crippen molar-refractivity contribution in [1.82, 2.24) is 19.9 Å². The molecule has 2 heterocycles. The van der Waals surface area contributed by atoms with Gasteiger partial charge in [0.15, 0.2) is 0 Å². The summed E-state index contributed by atoms with van der Waals surface area (Å²) in [5.74, 6) is 0.481. The third-order valence-corrected chi connectivity index (χ3v) is 3.33. The second kappa shape index (κ2) is 8.82. The number of hydrogen-bond donors (Lipinski definition) is 1. The average molecular weight is 313 g/mol. The van der Waals surface area contributed by atoms with E-state index in [0.29, 0.717) is 18.1 Å². The first-order chi connectivity index (χ1) is 11.2. The lowest BCUT2D eigenvalue weighted by Crippen LogP contribution is -2.32. The van der Waals surface area contributed by atoms with Crippen LogP contribution in [0.5, 0.6) is 0 Å². The summed E-state index contributed by atoms with van der Waals surface area (Å²) in [5.41, 5.74) is 1.43. The second-order valence-corrected chi connectivity index (χ2v) is 5.26. The van der Waals surface area contributed by atoms with E-state index in [1.807, 2.05) is 23.1 Å². The van der Waals surface area contributed by atoms with Crippen LogP contribution < -0.4 is 5.32 Å². The maximum Gasteiger partial charge on any atom is 0.256 e. The fourth-order valence-electron chi connectivity index (χ4n) is 2.24. The van der Waals surface area contributed by atoms with Crippen molar-refractivity contribution in [3.8, 4) is 0 Å². The van der Waals surface area contributed by atoms with Crippen LogP contribution in [-0.4, -0.2) is 38.8 Å². The van der Waals surface area contributed by atoms with E-state index >= 15 is 0 Å². The molecule has 0 aliphatic carbocycles. The molecule has 0 radical (unpaired) electrons. The number of nitrogens with one attached hydrogen (secondary N) is 1. The fraction of sp³-hybridized carbons (Fsp3) is 0.412. The number of carbonyl (C=O) groups excluding carboxylic acids is 1. The Bertz CT molecular complexity index is 594. The number of aromatic nitrogens is 3. The highest BCUT2D eigenvalue weighted by molar-refractivity contribution is 5.93. The SMILES string of the molecule is CCCN(CCC)C(=O)c1cnc(NCc2ccccn2)nc1. The van der Waals surface area contributed by atoms with Gasteiger partial charge in [0.25, 0.3) is 5.91 Å². The summed E-state index contributed by atoms with van der Waals surface area (Å²) < 4.78 is 0. The first-order valence-electron chi connectivity index (χ1n) is 7.99. The Morgan fingerprint density at radius 1 is 1.09 bits per heavy atom. The first-order valence-corrected chi connectivity index (χ1v) is 7.99. The third kappa shape index (κ3) is 5.02. The van der Waals surface area contributed by atoms with Crippen LogP contribution in [0.4, 0.5) is 5.95 Å². The molecule has 6 heteroatoms. The molecule has 1 N–H and O–H groups in total. The summed E-state index contributed by atoms with van der Waals surface area (Å²) >= 11 is 0. The zero-order chi connectivity index (χ0) is 16.5. The average Bonchev–Trinajstić information content (AvgIpc) is 2.60. The van der Waals surface area contributed by atoms with Gasteiger partial charge >= 0.3 is 0 Å². The van der Waals surface area contributed by atoms with Crippen LogP contribution in [0.25, 0.3) is 0 Å². The maximum absolute atomic E-state index is 12.4. The van der Waals surface area contributed by atoms with E-state index < -0.39 is 0 Å². The molecule has 0 fully saturated rings. The van der Waals surface area contributed by atoms with Gasteiger partial charge < -0.3 is 10.2 Å². The molecule has 0 saturated heterocycles. The fourth-order valence-corrected chi connectivity index (χ4v) is 2.24. The van der Waals surface area contributed by atoms with Crippen molar-refractivity contribution >= 4 is 11.9 Å². The van der Waals surface area contributed by atoms with Crippen molar-refractivity contribution in [3.05, 3.63) is 48.0 Å². The molecule has 1 amide bonds. The van der Waals surface area contributed by atoms with Crippen LogP contribution in [0, 0.1) is 0 Å². The number of hydrogen-bond acceptors (Lipinski definition) is 5. The topological polar surface area (TPSA) is 71.0 Å². The number of anilines is 1. The van der Waals surface area contributed by atoms with Crippen molar-refractivity contribution in [2.24, 2.45) is 0 Å². The second-order valence-electron chi connectivity index (χ2n) is 5.26. The molecule has 0 aromatic carbocycles. The Morgan fingerprint density at radius 2 is 1.78 bits per heavy atom. The van der Waals surface area contributed by atoms with E-state index in [4.69, 9.17) is 0 Å². The zero-order valence-corrected chi connectivity index (χ0v) is 13.7. The van der Waals surface area contributed by atoms with Gasteiger partial charge in [-0.25, -0.2) is 9.97 Å². The van der Waals surface area contributed by atoms with E-state index in [0.717, 1.165) is 31.6 Å². The highest BCUT2D eigenvalue weighted by atomic mass is 16.2. The molecule has 0 spiro atoms. The summed E-state index contributed by atoms with van der Waals surface area (Å²) in [6.07, 6.45) is 6.78.